The molecule has 1 atom stereocenters. The third-order valence-corrected chi connectivity index (χ3v) is 4.65. The number of nitrogens with two attached hydrogens (primary N) is 1. The maximum Gasteiger partial charge on any atom is 0.287 e. The van der Waals surface area contributed by atoms with Gasteiger partial charge in [-0.2, -0.15) is 5.10 Å². The third kappa shape index (κ3) is 4.40. The molecule has 0 bridgehead atoms. The molecule has 3 N–H and O–H groups in total. The van der Waals surface area contributed by atoms with Crippen molar-refractivity contribution in [2.24, 2.45) is 12.8 Å². The molecule has 0 spiro atoms. The SMILES string of the molecule is Cc1nn(C)c(C(=O)NC(Cc2ccccc2)C(=O)C(N)=O)c1-c1ccccc1. The summed E-state index contributed by atoms with van der Waals surface area (Å²) >= 11 is 0. The zero-order valence-corrected chi connectivity index (χ0v) is 16.3. The molecule has 0 aliphatic carbocycles. The molecule has 0 fully saturated rings. The summed E-state index contributed by atoms with van der Waals surface area (Å²) in [5.74, 6) is -2.43. The van der Waals surface area contributed by atoms with Crippen molar-refractivity contribution in [1.82, 2.24) is 15.1 Å². The molecule has 1 unspecified atom stereocenters. The summed E-state index contributed by atoms with van der Waals surface area (Å²) in [4.78, 5) is 37.0. The number of nitrogens with one attached hydrogen (secondary N) is 1. The maximum atomic E-state index is 13.1. The fraction of sp³-hybridized carbons (Fsp3) is 0.182. The minimum atomic E-state index is -1.09. The average molecular weight is 390 g/mol. The van der Waals surface area contributed by atoms with Crippen LogP contribution in [-0.2, 0) is 23.1 Å². The maximum absolute atomic E-state index is 13.1. The van der Waals surface area contributed by atoms with Crippen LogP contribution in [0.3, 0.4) is 0 Å². The highest BCUT2D eigenvalue weighted by molar-refractivity contribution is 6.38. The van der Waals surface area contributed by atoms with Crippen molar-refractivity contribution < 1.29 is 14.4 Å². The van der Waals surface area contributed by atoms with Crippen molar-refractivity contribution in [3.8, 4) is 11.1 Å². The molecule has 0 radical (unpaired) electrons. The van der Waals surface area contributed by atoms with Gasteiger partial charge in [0.2, 0.25) is 5.78 Å². The van der Waals surface area contributed by atoms with E-state index in [-0.39, 0.29) is 6.42 Å². The molecular formula is C22H22N4O3. The molecule has 7 nitrogen and oxygen atoms in total. The van der Waals surface area contributed by atoms with Gasteiger partial charge in [-0.15, -0.1) is 0 Å². The molecule has 1 aromatic heterocycles. The Hall–Kier alpha value is -3.74. The van der Waals surface area contributed by atoms with Crippen LogP contribution in [-0.4, -0.2) is 33.4 Å². The number of rotatable bonds is 7. The molecule has 0 saturated heterocycles. The Morgan fingerprint density at radius 1 is 1.03 bits per heavy atom. The van der Waals surface area contributed by atoms with E-state index in [1.807, 2.05) is 67.6 Å². The summed E-state index contributed by atoms with van der Waals surface area (Å²) in [7, 11) is 1.66. The summed E-state index contributed by atoms with van der Waals surface area (Å²) < 4.78 is 1.47. The van der Waals surface area contributed by atoms with Gasteiger partial charge >= 0.3 is 0 Å². The number of carbonyl (C=O) groups excluding carboxylic acids is 3. The van der Waals surface area contributed by atoms with Gasteiger partial charge in [0, 0.05) is 19.0 Å². The number of primary amides is 1. The quantitative estimate of drug-likeness (QED) is 0.600. The molecule has 29 heavy (non-hydrogen) atoms. The number of ketones is 1. The molecule has 2 aromatic carbocycles. The van der Waals surface area contributed by atoms with Crippen molar-refractivity contribution >= 4 is 17.6 Å². The lowest BCUT2D eigenvalue weighted by Crippen LogP contribution is -2.47. The highest BCUT2D eigenvalue weighted by Gasteiger charge is 2.29. The van der Waals surface area contributed by atoms with Crippen molar-refractivity contribution in [3.05, 3.63) is 77.6 Å². The first-order chi connectivity index (χ1) is 13.9. The van der Waals surface area contributed by atoms with E-state index in [9.17, 15) is 14.4 Å². The number of aryl methyl sites for hydroxylation is 2. The second-order valence-corrected chi connectivity index (χ2v) is 6.74. The molecule has 148 valence electrons. The highest BCUT2D eigenvalue weighted by atomic mass is 16.2. The van der Waals surface area contributed by atoms with Crippen LogP contribution in [0.25, 0.3) is 11.1 Å². The molecule has 0 aliphatic heterocycles. The van der Waals surface area contributed by atoms with E-state index in [0.717, 1.165) is 11.1 Å². The number of benzene rings is 2. The molecule has 7 heteroatoms. The standard InChI is InChI=1S/C22H22N4O3/c1-14-18(16-11-7-4-8-12-16)19(26(2)25-14)22(29)24-17(20(27)21(23)28)13-15-9-5-3-6-10-15/h3-12,17H,13H2,1-2H3,(H2,23,28)(H,24,29). The monoisotopic (exact) mass is 390 g/mol. The van der Waals surface area contributed by atoms with Crippen LogP contribution >= 0.6 is 0 Å². The van der Waals surface area contributed by atoms with Crippen molar-refractivity contribution in [1.29, 1.82) is 0 Å². The Morgan fingerprint density at radius 2 is 1.62 bits per heavy atom. The Bertz CT molecular complexity index is 1040. The van der Waals surface area contributed by atoms with Gasteiger partial charge in [-0.05, 0) is 18.1 Å². The number of aromatic nitrogens is 2. The smallest absolute Gasteiger partial charge is 0.287 e. The van der Waals surface area contributed by atoms with Crippen LogP contribution in [0.4, 0.5) is 0 Å². The number of hydrogen-bond acceptors (Lipinski definition) is 4. The van der Waals surface area contributed by atoms with Crippen molar-refractivity contribution in [2.75, 3.05) is 0 Å². The van der Waals surface area contributed by atoms with Gasteiger partial charge in [0.15, 0.2) is 0 Å². The van der Waals surface area contributed by atoms with Gasteiger partial charge in [-0.3, -0.25) is 19.1 Å². The Morgan fingerprint density at radius 3 is 2.21 bits per heavy atom. The molecule has 1 heterocycles. The average Bonchev–Trinajstić information content (AvgIpc) is 3.02. The lowest BCUT2D eigenvalue weighted by Gasteiger charge is -2.17. The van der Waals surface area contributed by atoms with Gasteiger partial charge in [-0.25, -0.2) is 0 Å². The van der Waals surface area contributed by atoms with Crippen LogP contribution in [0, 0.1) is 6.92 Å². The van der Waals surface area contributed by atoms with Gasteiger partial charge in [-0.1, -0.05) is 60.7 Å². The van der Waals surface area contributed by atoms with E-state index in [0.29, 0.717) is 17.0 Å². The zero-order chi connectivity index (χ0) is 21.0. The van der Waals surface area contributed by atoms with E-state index in [4.69, 9.17) is 5.73 Å². The van der Waals surface area contributed by atoms with E-state index >= 15 is 0 Å². The van der Waals surface area contributed by atoms with Crippen molar-refractivity contribution in [2.45, 2.75) is 19.4 Å². The number of Topliss-reactive ketones (excluding diaryl/α,β-unsaturated/α-hetero) is 1. The largest absolute Gasteiger partial charge is 0.363 e. The summed E-state index contributed by atoms with van der Waals surface area (Å²) in [5.41, 5.74) is 8.51. The van der Waals surface area contributed by atoms with Crippen LogP contribution in [0.1, 0.15) is 21.7 Å². The molecule has 3 rings (SSSR count). The predicted octanol–water partition coefficient (Wildman–Crippen LogP) is 1.79. The molecule has 0 aliphatic rings. The minimum Gasteiger partial charge on any atom is -0.363 e. The summed E-state index contributed by atoms with van der Waals surface area (Å²) in [6.07, 6.45) is 0.159. The summed E-state index contributed by atoms with van der Waals surface area (Å²) in [6.45, 7) is 1.81. The fourth-order valence-electron chi connectivity index (χ4n) is 3.33. The van der Waals surface area contributed by atoms with E-state index in [2.05, 4.69) is 10.4 Å². The fourth-order valence-corrected chi connectivity index (χ4v) is 3.33. The minimum absolute atomic E-state index is 0.159. The first kappa shape index (κ1) is 20.0. The van der Waals surface area contributed by atoms with Gasteiger partial charge < -0.3 is 11.1 Å². The number of carbonyl (C=O) groups is 3. The Balaban J connectivity index is 1.94. The molecule has 3 aromatic rings. The lowest BCUT2D eigenvalue weighted by molar-refractivity contribution is -0.137. The van der Waals surface area contributed by atoms with Crippen LogP contribution in [0.15, 0.2) is 60.7 Å². The third-order valence-electron chi connectivity index (χ3n) is 4.65. The van der Waals surface area contributed by atoms with Crippen LogP contribution < -0.4 is 11.1 Å². The summed E-state index contributed by atoms with van der Waals surface area (Å²) in [5, 5.41) is 7.04. The van der Waals surface area contributed by atoms with Gasteiger partial charge in [0.05, 0.1) is 5.69 Å². The Labute approximate surface area is 168 Å². The molecule has 0 saturated carbocycles. The molecular weight excluding hydrogens is 368 g/mol. The van der Waals surface area contributed by atoms with Gasteiger partial charge in [0.1, 0.15) is 11.7 Å². The van der Waals surface area contributed by atoms with Crippen molar-refractivity contribution in [3.63, 3.8) is 0 Å². The summed E-state index contributed by atoms with van der Waals surface area (Å²) in [6, 6.07) is 17.5. The zero-order valence-electron chi connectivity index (χ0n) is 16.3. The predicted molar refractivity (Wildman–Crippen MR) is 109 cm³/mol. The highest BCUT2D eigenvalue weighted by Crippen LogP contribution is 2.27. The molecule has 2 amide bonds. The number of hydrogen-bond donors (Lipinski definition) is 2. The first-order valence-corrected chi connectivity index (χ1v) is 9.16. The normalized spacial score (nSPS) is 11.7. The van der Waals surface area contributed by atoms with E-state index in [1.165, 1.54) is 4.68 Å². The second-order valence-electron chi connectivity index (χ2n) is 6.74. The number of nitrogens with zero attached hydrogens (tertiary/aromatic N) is 2. The van der Waals surface area contributed by atoms with Gasteiger partial charge in [0.25, 0.3) is 11.8 Å². The van der Waals surface area contributed by atoms with Crippen LogP contribution in [0.5, 0.6) is 0 Å². The topological polar surface area (TPSA) is 107 Å². The second kappa shape index (κ2) is 8.52. The van der Waals surface area contributed by atoms with Crippen LogP contribution in [0.2, 0.25) is 0 Å². The number of amides is 2. The van der Waals surface area contributed by atoms with E-state index in [1.54, 1.807) is 7.05 Å². The lowest BCUT2D eigenvalue weighted by atomic mass is 10.00. The first-order valence-electron chi connectivity index (χ1n) is 9.16. The Kier molecular flexibility index (Phi) is 5.87. The van der Waals surface area contributed by atoms with E-state index < -0.39 is 23.6 Å².